The van der Waals surface area contributed by atoms with Crippen LogP contribution in [0, 0.1) is 0 Å². The third-order valence-corrected chi connectivity index (χ3v) is 11.1. The van der Waals surface area contributed by atoms with Gasteiger partial charge in [-0.25, -0.2) is 4.98 Å². The van der Waals surface area contributed by atoms with Gasteiger partial charge >= 0.3 is 0 Å². The summed E-state index contributed by atoms with van der Waals surface area (Å²) in [4.78, 5) is 82.0. The van der Waals surface area contributed by atoms with Gasteiger partial charge in [-0.1, -0.05) is 30.3 Å². The van der Waals surface area contributed by atoms with Crippen LogP contribution in [0.15, 0.2) is 91.0 Å². The lowest BCUT2D eigenvalue weighted by molar-refractivity contribution is -0.136. The topological polar surface area (TPSA) is 213 Å². The number of para-hydroxylation sites is 1. The standard InChI is InChI=1S/C48H46N6O11/c1-61-39-16-12-29(24-40(39)62-2)33-25-37(52-45-31-6-3-4-8-35(31)51-42(56)26-34(33)45)28-10-13-30(14-11-28)65-27-43(57)50-19-21-64-23-22-63-20-18-49-36-9-5-7-32-44(36)48(60)54(47(32)59)38-15-17-41(55)53-46(38)58/h3-14,16,24-25,38,49H,15,17-23,26-27H2,1-2H3,(H,50,57)(H,51,56)(H,53,55,58). The molecule has 0 saturated carbocycles. The summed E-state index contributed by atoms with van der Waals surface area (Å²) in [6.07, 6.45) is 0.250. The van der Waals surface area contributed by atoms with Crippen molar-refractivity contribution in [1.29, 1.82) is 0 Å². The molecule has 3 aliphatic rings. The summed E-state index contributed by atoms with van der Waals surface area (Å²) in [6.45, 7) is 1.49. The molecule has 17 heteroatoms. The van der Waals surface area contributed by atoms with E-state index in [-0.39, 0.29) is 81.8 Å². The van der Waals surface area contributed by atoms with E-state index >= 15 is 0 Å². The summed E-state index contributed by atoms with van der Waals surface area (Å²) in [6, 6.07) is 26.3. The third kappa shape index (κ3) is 9.66. The number of hydrogen-bond donors (Lipinski definition) is 4. The van der Waals surface area contributed by atoms with E-state index in [4.69, 9.17) is 28.7 Å². The number of amides is 6. The van der Waals surface area contributed by atoms with Crippen LogP contribution in [-0.2, 0) is 35.1 Å². The number of nitrogens with zero attached hydrogens (tertiary/aromatic N) is 2. The minimum atomic E-state index is -1.04. The highest BCUT2D eigenvalue weighted by atomic mass is 16.5. The Morgan fingerprint density at radius 3 is 2.25 bits per heavy atom. The average Bonchev–Trinajstić information content (AvgIpc) is 3.47. The summed E-state index contributed by atoms with van der Waals surface area (Å²) < 4.78 is 28.1. The van der Waals surface area contributed by atoms with E-state index in [1.165, 1.54) is 6.07 Å². The monoisotopic (exact) mass is 882 g/mol. The van der Waals surface area contributed by atoms with E-state index in [0.717, 1.165) is 32.7 Å². The quantitative estimate of drug-likeness (QED) is 0.0699. The fraction of sp³-hybridized carbons (Fsp3) is 0.271. The predicted octanol–water partition coefficient (Wildman–Crippen LogP) is 4.64. The van der Waals surface area contributed by atoms with Crippen molar-refractivity contribution in [3.63, 3.8) is 0 Å². The number of methoxy groups -OCH3 is 2. The molecule has 65 heavy (non-hydrogen) atoms. The lowest BCUT2D eigenvalue weighted by atomic mass is 9.92. The molecule has 1 atom stereocenters. The van der Waals surface area contributed by atoms with E-state index in [2.05, 4.69) is 21.3 Å². The molecule has 1 saturated heterocycles. The van der Waals surface area contributed by atoms with Crippen LogP contribution in [0.1, 0.15) is 39.1 Å². The number of anilines is 2. The van der Waals surface area contributed by atoms with Gasteiger partial charge in [0.2, 0.25) is 17.7 Å². The van der Waals surface area contributed by atoms with E-state index in [1.54, 1.807) is 38.5 Å². The van der Waals surface area contributed by atoms with Gasteiger partial charge in [0.05, 0.1) is 75.3 Å². The number of fused-ring (bicyclic) bond motifs is 4. The number of nitrogens with one attached hydrogen (secondary N) is 4. The highest BCUT2D eigenvalue weighted by Crippen LogP contribution is 2.42. The van der Waals surface area contributed by atoms with Crippen LogP contribution < -0.4 is 35.5 Å². The second-order valence-corrected chi connectivity index (χ2v) is 15.2. The van der Waals surface area contributed by atoms with Crippen LogP contribution in [0.3, 0.4) is 0 Å². The van der Waals surface area contributed by atoms with Gasteiger partial charge in [0.1, 0.15) is 11.8 Å². The fourth-order valence-corrected chi connectivity index (χ4v) is 7.96. The number of piperidine rings is 1. The largest absolute Gasteiger partial charge is 0.493 e. The van der Waals surface area contributed by atoms with Crippen LogP contribution in [0.4, 0.5) is 11.4 Å². The lowest BCUT2D eigenvalue weighted by Crippen LogP contribution is -2.54. The fourth-order valence-electron chi connectivity index (χ4n) is 7.96. The molecule has 4 heterocycles. The number of hydrogen-bond acceptors (Lipinski definition) is 13. The van der Waals surface area contributed by atoms with Gasteiger partial charge in [0.15, 0.2) is 18.1 Å². The molecule has 17 nitrogen and oxygen atoms in total. The smallest absolute Gasteiger partial charge is 0.264 e. The minimum Gasteiger partial charge on any atom is -0.493 e. The number of pyridine rings is 1. The van der Waals surface area contributed by atoms with E-state index < -0.39 is 29.7 Å². The molecule has 0 bridgehead atoms. The first kappa shape index (κ1) is 44.0. The Morgan fingerprint density at radius 2 is 1.48 bits per heavy atom. The summed E-state index contributed by atoms with van der Waals surface area (Å²) in [5, 5.41) is 11.1. The number of aromatic nitrogens is 1. The molecule has 1 fully saturated rings. The first-order valence-corrected chi connectivity index (χ1v) is 21.0. The van der Waals surface area contributed by atoms with Crippen molar-refractivity contribution < 1.29 is 52.5 Å². The Bertz CT molecular complexity index is 2670. The van der Waals surface area contributed by atoms with E-state index in [0.29, 0.717) is 46.6 Å². The number of imide groups is 2. The zero-order valence-electron chi connectivity index (χ0n) is 35.7. The molecule has 8 rings (SSSR count). The molecule has 0 radical (unpaired) electrons. The summed E-state index contributed by atoms with van der Waals surface area (Å²) in [5.41, 5.74) is 6.92. The van der Waals surface area contributed by atoms with Crippen LogP contribution in [0.25, 0.3) is 33.6 Å². The minimum absolute atomic E-state index is 0.0435. The van der Waals surface area contributed by atoms with Crippen LogP contribution in [0.5, 0.6) is 17.2 Å². The van der Waals surface area contributed by atoms with Gasteiger partial charge in [-0.05, 0) is 83.8 Å². The van der Waals surface area contributed by atoms with Crippen molar-refractivity contribution in [3.05, 3.63) is 108 Å². The maximum atomic E-state index is 13.3. The van der Waals surface area contributed by atoms with Crippen molar-refractivity contribution in [3.8, 4) is 50.9 Å². The lowest BCUT2D eigenvalue weighted by Gasteiger charge is -2.27. The third-order valence-electron chi connectivity index (χ3n) is 11.1. The predicted molar refractivity (Wildman–Crippen MR) is 238 cm³/mol. The molecular weight excluding hydrogens is 837 g/mol. The summed E-state index contributed by atoms with van der Waals surface area (Å²) in [7, 11) is 3.16. The number of carbonyl (C=O) groups is 6. The van der Waals surface area contributed by atoms with Gasteiger partial charge < -0.3 is 39.6 Å². The van der Waals surface area contributed by atoms with Gasteiger partial charge in [-0.2, -0.15) is 0 Å². The Balaban J connectivity index is 0.782. The van der Waals surface area contributed by atoms with Crippen molar-refractivity contribution in [1.82, 2.24) is 20.5 Å². The molecule has 1 unspecified atom stereocenters. The molecule has 1 aromatic heterocycles. The molecule has 0 aliphatic carbocycles. The molecule has 3 aliphatic heterocycles. The molecular formula is C48H46N6O11. The second kappa shape index (κ2) is 19.8. The number of benzene rings is 4. The Kier molecular flexibility index (Phi) is 13.4. The van der Waals surface area contributed by atoms with Crippen LogP contribution in [-0.4, -0.2) is 112 Å². The van der Waals surface area contributed by atoms with Crippen molar-refractivity contribution >= 4 is 46.8 Å². The molecule has 6 amide bonds. The molecule has 5 aromatic rings. The number of rotatable bonds is 18. The summed E-state index contributed by atoms with van der Waals surface area (Å²) >= 11 is 0. The van der Waals surface area contributed by atoms with E-state index in [9.17, 15) is 28.8 Å². The SMILES string of the molecule is COc1ccc(-c2cc(-c3ccc(OCC(=O)NCCOCCOCCNc4cccc5c4C(=O)N(C4CCC(=O)NC4=O)C5=O)cc3)nc3c2CC(=O)Nc2ccccc2-3)cc1OC. The van der Waals surface area contributed by atoms with Crippen molar-refractivity contribution in [2.45, 2.75) is 25.3 Å². The normalized spacial score (nSPS) is 15.3. The maximum absolute atomic E-state index is 13.3. The first-order valence-electron chi connectivity index (χ1n) is 21.0. The Labute approximate surface area is 373 Å². The second-order valence-electron chi connectivity index (χ2n) is 15.2. The zero-order chi connectivity index (χ0) is 45.5. The Hall–Kier alpha value is -7.63. The van der Waals surface area contributed by atoms with E-state index in [1.807, 2.05) is 60.7 Å². The van der Waals surface area contributed by atoms with Gasteiger partial charge in [0, 0.05) is 36.3 Å². The molecule has 4 N–H and O–H groups in total. The number of ether oxygens (including phenoxy) is 5. The van der Waals surface area contributed by atoms with Crippen LogP contribution in [0.2, 0.25) is 0 Å². The highest BCUT2D eigenvalue weighted by Gasteiger charge is 2.45. The van der Waals surface area contributed by atoms with Crippen molar-refractivity contribution in [2.24, 2.45) is 0 Å². The van der Waals surface area contributed by atoms with Gasteiger partial charge in [-0.15, -0.1) is 0 Å². The first-order chi connectivity index (χ1) is 31.6. The number of carbonyl (C=O) groups excluding carboxylic acids is 6. The Morgan fingerprint density at radius 1 is 0.738 bits per heavy atom. The maximum Gasteiger partial charge on any atom is 0.264 e. The summed E-state index contributed by atoms with van der Waals surface area (Å²) in [5.74, 6) is -1.09. The van der Waals surface area contributed by atoms with Crippen molar-refractivity contribution in [2.75, 3.05) is 71.0 Å². The molecule has 4 aromatic carbocycles. The average molecular weight is 883 g/mol. The highest BCUT2D eigenvalue weighted by molar-refractivity contribution is 6.25. The molecule has 0 spiro atoms. The van der Waals surface area contributed by atoms with Gasteiger partial charge in [0.25, 0.3) is 17.7 Å². The van der Waals surface area contributed by atoms with Gasteiger partial charge in [-0.3, -0.25) is 39.0 Å². The molecule has 334 valence electrons. The van der Waals surface area contributed by atoms with Crippen LogP contribution >= 0.6 is 0 Å². The zero-order valence-corrected chi connectivity index (χ0v) is 35.7.